The molecule has 25 nitrogen and oxygen atoms in total. The molecule has 810 valence electrons. The zero-order valence-electron chi connectivity index (χ0n) is 94.4. The van der Waals surface area contributed by atoms with Gasteiger partial charge >= 0.3 is 0 Å². The van der Waals surface area contributed by atoms with Gasteiger partial charge in [-0.15, -0.1) is 0 Å². The average Bonchev–Trinajstić information content (AvgIpc) is 0.771. The van der Waals surface area contributed by atoms with Gasteiger partial charge in [-0.05, 0) is 160 Å². The highest BCUT2D eigenvalue weighted by molar-refractivity contribution is 5.00. The van der Waals surface area contributed by atoms with E-state index in [1.54, 1.807) is 21.3 Å². The molecule has 12 rings (SSSR count). The molecule has 0 aliphatic carbocycles. The number of hydrogen-bond donors (Lipinski definition) is 1. The lowest BCUT2D eigenvalue weighted by atomic mass is 9.78. The van der Waals surface area contributed by atoms with Gasteiger partial charge in [0.25, 0.3) is 0 Å². The van der Waals surface area contributed by atoms with Gasteiger partial charge in [0.1, 0.15) is 30.5 Å². The van der Waals surface area contributed by atoms with E-state index >= 15 is 0 Å². The highest BCUT2D eigenvalue weighted by Crippen LogP contribution is 2.52. The molecule has 12 saturated heterocycles. The first kappa shape index (κ1) is 119. The Hall–Kier alpha value is -1.00. The molecule has 12 aliphatic rings. The van der Waals surface area contributed by atoms with E-state index in [1.165, 1.54) is 0 Å². The first-order valence-corrected chi connectivity index (χ1v) is 56.5. The van der Waals surface area contributed by atoms with Crippen molar-refractivity contribution >= 4 is 0 Å². The van der Waals surface area contributed by atoms with Crippen LogP contribution in [-0.4, -0.2) is 236 Å². The lowest BCUT2D eigenvalue weighted by molar-refractivity contribution is -0.380. The van der Waals surface area contributed by atoms with Crippen LogP contribution in [-0.2, 0) is 114 Å². The van der Waals surface area contributed by atoms with Crippen LogP contribution in [0.2, 0.25) is 0 Å². The molecule has 0 spiro atoms. The van der Waals surface area contributed by atoms with E-state index in [1.807, 2.05) is 0 Å². The lowest BCUT2D eigenvalue weighted by Gasteiger charge is -2.52. The number of methoxy groups -OCH3 is 3. The molecule has 0 aromatic rings. The average molecular weight is 1970 g/mol. The molecule has 12 heterocycles. The van der Waals surface area contributed by atoms with E-state index in [2.05, 4.69) is 263 Å². The molecule has 0 saturated carbocycles. The number of aliphatic hydroxyl groups is 1. The maximum Gasteiger partial charge on any atom is 0.185 e. The third kappa shape index (κ3) is 26.1. The van der Waals surface area contributed by atoms with E-state index in [4.69, 9.17) is 114 Å². The Labute approximate surface area is 839 Å². The van der Waals surface area contributed by atoms with Crippen LogP contribution in [0.25, 0.3) is 0 Å². The van der Waals surface area contributed by atoms with Gasteiger partial charge in [-0.2, -0.15) is 0 Å². The number of rotatable bonds is 33. The molecule has 0 amide bonds. The molecule has 24 unspecified atom stereocenters. The van der Waals surface area contributed by atoms with Gasteiger partial charge in [0.2, 0.25) is 0 Å². The summed E-state index contributed by atoms with van der Waals surface area (Å²) in [6, 6.07) is 0. The second-order valence-corrected chi connectivity index (χ2v) is 46.4. The fourth-order valence-corrected chi connectivity index (χ4v) is 26.6. The number of aliphatic hydroxyl groups excluding tert-OH is 1. The standard InChI is InChI=1S/2C38H70O8.C37H68O9/c1-15-28-20(6)19(5)25(11)36(41-28)45-33-23(9)21(7)30(17-3)43-38(33)46-34-24(10)22(8)29(16-2)42-37(34)44-32-26(12)31(18-4)40-35(39-14)27(32)13;1-15-28-20(6)19(5)23(9)36(41-28)46-34-22(8)21(7)29(16-2)43-38(34)45-33-25(11)31(18-4)42-37(27(33)13)44-32-24(10)30(17-3)40-35(39-14)26(32)12;1-14-26-18(5)20(7)30(38)36(42-26)46-33-21(8)19(6)27(15-2)43-37(33)45-32-23(10)29(17-4)41-35(25(32)12)44-31-22(9)28(16-3)40-34(39-13)24(31)11/h2*19-38H,15-18H2,1-14H3;18-38H,14-17H2,1-13H3/t19-,20-,21-,22-,23-,24-,25?,26+,27?,28?,29?,30?,31?,32-,33?,34?,35-,36+,37+,38+;19-,20-,21-,22-,23?,24+,25+,26?,27?,28?,29?,30?,31?,32-,33-,34?,35-,36+,37+,38+;18-,19-,20-,21-,22+,23+,24?,25?,26?,27?,28?,29?,30?,31-,32-,33?,34-,35+,36+,37+/m000/s1. The van der Waals surface area contributed by atoms with Gasteiger partial charge in [-0.3, -0.25) is 0 Å². The minimum absolute atomic E-state index is 0.00692. The van der Waals surface area contributed by atoms with Crippen molar-refractivity contribution < 1.29 is 119 Å². The summed E-state index contributed by atoms with van der Waals surface area (Å²) in [6.45, 7) is 84.4. The van der Waals surface area contributed by atoms with Crippen LogP contribution < -0.4 is 0 Å². The maximum absolute atomic E-state index is 11.3. The Kier molecular flexibility index (Phi) is 46.2. The van der Waals surface area contributed by atoms with Crippen molar-refractivity contribution in [3.05, 3.63) is 0 Å². The van der Waals surface area contributed by atoms with Crippen molar-refractivity contribution in [3.8, 4) is 0 Å². The van der Waals surface area contributed by atoms with E-state index in [0.717, 1.165) is 77.0 Å². The van der Waals surface area contributed by atoms with Crippen LogP contribution in [0.15, 0.2) is 0 Å². The van der Waals surface area contributed by atoms with Crippen molar-refractivity contribution in [3.63, 3.8) is 0 Å². The molecule has 12 aliphatic heterocycles. The molecule has 0 bridgehead atoms. The van der Waals surface area contributed by atoms with Crippen LogP contribution in [0.1, 0.15) is 340 Å². The topological polar surface area (TPSA) is 242 Å². The Morgan fingerprint density at radius 3 is 0.486 bits per heavy atom. The molecule has 0 radical (unpaired) electrons. The molecule has 0 aromatic heterocycles. The summed E-state index contributed by atoms with van der Waals surface area (Å²) >= 11 is 0. The second-order valence-electron chi connectivity index (χ2n) is 46.4. The summed E-state index contributed by atoms with van der Waals surface area (Å²) < 4.78 is 160. The first-order chi connectivity index (χ1) is 65.5. The highest BCUT2D eigenvalue weighted by Gasteiger charge is 2.59. The Bertz CT molecular complexity index is 3250. The minimum Gasteiger partial charge on any atom is -0.388 e. The summed E-state index contributed by atoms with van der Waals surface area (Å²) in [5, 5.41) is 11.3. The monoisotopic (exact) mass is 1970 g/mol. The van der Waals surface area contributed by atoms with Crippen molar-refractivity contribution in [1.29, 1.82) is 0 Å². The molecular weight excluding hydrogens is 1760 g/mol. The summed E-state index contributed by atoms with van der Waals surface area (Å²) in [5.41, 5.74) is 0. The Morgan fingerprint density at radius 1 is 0.138 bits per heavy atom. The summed E-state index contributed by atoms with van der Waals surface area (Å²) in [5.74, 6) is 5.74. The number of ether oxygens (including phenoxy) is 24. The van der Waals surface area contributed by atoms with Crippen LogP contribution in [0.3, 0.4) is 0 Å². The molecule has 0 aromatic carbocycles. The van der Waals surface area contributed by atoms with Crippen molar-refractivity contribution in [1.82, 2.24) is 0 Å². The number of hydrogen-bond acceptors (Lipinski definition) is 25. The third-order valence-electron chi connectivity index (χ3n) is 38.5. The van der Waals surface area contributed by atoms with Crippen molar-refractivity contribution in [2.45, 2.75) is 550 Å². The van der Waals surface area contributed by atoms with Crippen molar-refractivity contribution in [2.24, 2.45) is 154 Å². The largest absolute Gasteiger partial charge is 0.388 e. The van der Waals surface area contributed by atoms with E-state index in [-0.39, 0.29) is 266 Å². The first-order valence-electron chi connectivity index (χ1n) is 56.5. The van der Waals surface area contributed by atoms with E-state index < -0.39 is 56.2 Å². The quantitative estimate of drug-likeness (QED) is 0.0642. The Morgan fingerprint density at radius 2 is 0.275 bits per heavy atom. The third-order valence-corrected chi connectivity index (χ3v) is 38.5. The molecule has 12 fully saturated rings. The van der Waals surface area contributed by atoms with Crippen molar-refractivity contribution in [2.75, 3.05) is 21.3 Å². The summed E-state index contributed by atoms with van der Waals surface area (Å²) in [4.78, 5) is 0. The molecular formula is C113H208O25. The maximum atomic E-state index is 11.3. The van der Waals surface area contributed by atoms with Crippen LogP contribution in [0.4, 0.5) is 0 Å². The minimum atomic E-state index is -0.732. The van der Waals surface area contributed by atoms with Gasteiger partial charge in [0.15, 0.2) is 75.5 Å². The van der Waals surface area contributed by atoms with E-state index in [9.17, 15) is 5.11 Å². The molecule has 1 N–H and O–H groups in total. The highest BCUT2D eigenvalue weighted by atomic mass is 16.8. The van der Waals surface area contributed by atoms with E-state index in [0.29, 0.717) is 41.4 Å². The molecule has 60 atom stereocenters. The predicted octanol–water partition coefficient (Wildman–Crippen LogP) is 22.9. The molecule has 25 heteroatoms. The smallest absolute Gasteiger partial charge is 0.185 e. The zero-order chi connectivity index (χ0) is 102. The van der Waals surface area contributed by atoms with Gasteiger partial charge in [0.05, 0.1) is 104 Å². The predicted molar refractivity (Wildman–Crippen MR) is 537 cm³/mol. The SMILES string of the molecule is CCC1O[C@H](OC2[C@@H](OC3[C@@H](O[C@@H]4C(C)[C@@H](OC)OC(CC)[C@H]4C)OC(CC)[C@@H](C)[C@@H]3C)OC(CC)[C@@H](C)[C@@H]2C)C(C)[C@@H](C)[C@@H]1C.CCC1O[C@H](OC2[C@@H](O[C@@H]3C(C)[C@@H](O[C@@H]4C(C)[C@@H](OC)OC(CC)[C@H]4C)OC(CC)[C@H]3C)OC(CC)[C@@H](C)[C@@H]2C)C(C)[C@@H](C)[C@@H]1C.CCC1O[C@H](OC2[C@@H](O[C@@H]3C(C)[C@@H](O[C@@H]4C(C)[C@@H](OC)OC(CC)[C@H]4C)OC(CC)[C@H]3C)OC(CC)[C@@H](C)[C@@H]2C)C(O)[C@@H](C)[C@@H]1C. The van der Waals surface area contributed by atoms with Gasteiger partial charge in [0, 0.05) is 92.3 Å². The normalized spacial score (nSPS) is 52.0. The van der Waals surface area contributed by atoms with Gasteiger partial charge in [-0.25, -0.2) is 0 Å². The zero-order valence-corrected chi connectivity index (χ0v) is 94.4. The summed E-state index contributed by atoms with van der Waals surface area (Å²) in [7, 11) is 5.14. The summed E-state index contributed by atoms with van der Waals surface area (Å²) in [6.07, 6.45) is 3.82. The fourth-order valence-electron chi connectivity index (χ4n) is 26.6. The van der Waals surface area contributed by atoms with Crippen LogP contribution >= 0.6 is 0 Å². The molecule has 138 heavy (non-hydrogen) atoms. The lowest BCUT2D eigenvalue weighted by Crippen LogP contribution is -2.60. The van der Waals surface area contributed by atoms with Gasteiger partial charge < -0.3 is 119 Å². The Balaban J connectivity index is 0.000000214. The van der Waals surface area contributed by atoms with Crippen LogP contribution in [0.5, 0.6) is 0 Å². The van der Waals surface area contributed by atoms with Crippen LogP contribution in [0, 0.1) is 154 Å². The van der Waals surface area contributed by atoms with Gasteiger partial charge in [-0.1, -0.05) is 263 Å². The second kappa shape index (κ2) is 53.6. The fraction of sp³-hybridized carbons (Fsp3) is 1.00.